The van der Waals surface area contributed by atoms with E-state index in [9.17, 15) is 0 Å². The van der Waals surface area contributed by atoms with Crippen LogP contribution in [-0.2, 0) is 11.8 Å². The fourth-order valence-electron chi connectivity index (χ4n) is 4.36. The molecule has 3 aliphatic rings. The van der Waals surface area contributed by atoms with Crippen LogP contribution in [0.5, 0.6) is 0 Å². The van der Waals surface area contributed by atoms with Gasteiger partial charge in [-0.05, 0) is 80.5 Å². The molecule has 0 bridgehead atoms. The number of likely N-dealkylation sites (tertiary alicyclic amines) is 1. The van der Waals surface area contributed by atoms with Crippen molar-refractivity contribution in [1.29, 1.82) is 0 Å². The van der Waals surface area contributed by atoms with E-state index >= 15 is 0 Å². The zero-order valence-corrected chi connectivity index (χ0v) is 13.1. The molecule has 1 nitrogen and oxygen atoms in total. The van der Waals surface area contributed by atoms with Crippen LogP contribution in [0.1, 0.15) is 49.7 Å². The summed E-state index contributed by atoms with van der Waals surface area (Å²) in [5.41, 5.74) is 3.88. The smallest absolute Gasteiger partial charge is 0.000967 e. The second kappa shape index (κ2) is 5.69. The van der Waals surface area contributed by atoms with Gasteiger partial charge in [-0.2, -0.15) is 0 Å². The van der Waals surface area contributed by atoms with Crippen molar-refractivity contribution in [2.45, 2.75) is 50.4 Å². The highest BCUT2D eigenvalue weighted by molar-refractivity contribution is 5.85. The van der Waals surface area contributed by atoms with Crippen molar-refractivity contribution in [2.75, 3.05) is 19.6 Å². The summed E-state index contributed by atoms with van der Waals surface area (Å²) in [7, 11) is 0. The van der Waals surface area contributed by atoms with Crippen LogP contribution in [0, 0.1) is 5.92 Å². The summed E-state index contributed by atoms with van der Waals surface area (Å²) in [6.07, 6.45) is 9.92. The van der Waals surface area contributed by atoms with Crippen LogP contribution in [0.4, 0.5) is 0 Å². The molecule has 4 rings (SSSR count). The Kier molecular flexibility index (Phi) is 4.10. The first kappa shape index (κ1) is 14.4. The van der Waals surface area contributed by atoms with Gasteiger partial charge in [0.15, 0.2) is 0 Å². The highest BCUT2D eigenvalue weighted by atomic mass is 35.5. The lowest BCUT2D eigenvalue weighted by molar-refractivity contribution is 0.140. The number of hydrogen-bond acceptors (Lipinski definition) is 1. The van der Waals surface area contributed by atoms with Gasteiger partial charge in [-0.15, -0.1) is 12.4 Å². The first-order valence-electron chi connectivity index (χ1n) is 8.16. The molecule has 0 atom stereocenters. The number of rotatable bonds is 2. The largest absolute Gasteiger partial charge is 0.303 e. The van der Waals surface area contributed by atoms with E-state index in [1.165, 1.54) is 64.6 Å². The molecule has 20 heavy (non-hydrogen) atoms. The number of benzene rings is 1. The topological polar surface area (TPSA) is 3.24 Å². The van der Waals surface area contributed by atoms with Crippen molar-refractivity contribution in [3.8, 4) is 0 Å². The molecule has 1 saturated heterocycles. The lowest BCUT2D eigenvalue weighted by atomic mass is 9.65. The average molecular weight is 292 g/mol. The lowest BCUT2D eigenvalue weighted by Crippen LogP contribution is -2.44. The third kappa shape index (κ3) is 2.63. The van der Waals surface area contributed by atoms with Gasteiger partial charge in [0.1, 0.15) is 0 Å². The van der Waals surface area contributed by atoms with Gasteiger partial charge in [0.25, 0.3) is 0 Å². The van der Waals surface area contributed by atoms with E-state index in [0.717, 1.165) is 5.92 Å². The summed E-state index contributed by atoms with van der Waals surface area (Å²) in [5, 5.41) is 0. The molecular formula is C18H26ClN. The van der Waals surface area contributed by atoms with Crippen LogP contribution in [0.15, 0.2) is 24.3 Å². The first-order chi connectivity index (χ1) is 9.36. The summed E-state index contributed by atoms with van der Waals surface area (Å²) in [5.74, 6) is 1.05. The van der Waals surface area contributed by atoms with Gasteiger partial charge in [-0.1, -0.05) is 24.3 Å². The number of nitrogens with zero attached hydrogens (tertiary/aromatic N) is 1. The lowest BCUT2D eigenvalue weighted by Gasteiger charge is -2.45. The average Bonchev–Trinajstić information content (AvgIpc) is 3.26. The minimum Gasteiger partial charge on any atom is -0.303 e. The maximum atomic E-state index is 2.74. The predicted molar refractivity (Wildman–Crippen MR) is 86.7 cm³/mol. The number of hydrogen-bond donors (Lipinski definition) is 0. The summed E-state index contributed by atoms with van der Waals surface area (Å²) >= 11 is 0. The minimum absolute atomic E-state index is 0. The van der Waals surface area contributed by atoms with E-state index in [1.807, 2.05) is 0 Å². The van der Waals surface area contributed by atoms with Crippen LogP contribution >= 0.6 is 12.4 Å². The molecule has 1 aromatic carbocycles. The van der Waals surface area contributed by atoms with E-state index < -0.39 is 0 Å². The molecule has 1 spiro atoms. The molecule has 0 unspecified atom stereocenters. The van der Waals surface area contributed by atoms with E-state index in [4.69, 9.17) is 0 Å². The summed E-state index contributed by atoms with van der Waals surface area (Å²) in [6, 6.07) is 9.26. The molecule has 2 heteroatoms. The van der Waals surface area contributed by atoms with Gasteiger partial charge in [0.2, 0.25) is 0 Å². The van der Waals surface area contributed by atoms with Crippen LogP contribution in [0.25, 0.3) is 0 Å². The van der Waals surface area contributed by atoms with E-state index in [0.29, 0.717) is 5.41 Å². The Balaban J connectivity index is 0.00000121. The Morgan fingerprint density at radius 3 is 2.55 bits per heavy atom. The third-order valence-electron chi connectivity index (χ3n) is 5.72. The van der Waals surface area contributed by atoms with Gasteiger partial charge in [0.05, 0.1) is 0 Å². The fourth-order valence-corrected chi connectivity index (χ4v) is 4.36. The summed E-state index contributed by atoms with van der Waals surface area (Å²) in [4.78, 5) is 2.74. The number of aryl methyl sites for hydroxylation is 1. The third-order valence-corrected chi connectivity index (χ3v) is 5.72. The molecule has 2 aliphatic carbocycles. The Morgan fingerprint density at radius 2 is 1.80 bits per heavy atom. The van der Waals surface area contributed by atoms with Crippen molar-refractivity contribution >= 4 is 12.4 Å². The zero-order valence-electron chi connectivity index (χ0n) is 12.3. The molecule has 0 amide bonds. The van der Waals surface area contributed by atoms with Crippen molar-refractivity contribution in [2.24, 2.45) is 5.92 Å². The highest BCUT2D eigenvalue weighted by Crippen LogP contribution is 2.45. The maximum Gasteiger partial charge on any atom is 0.000967 e. The number of piperidine rings is 1. The van der Waals surface area contributed by atoms with Crippen LogP contribution in [0.2, 0.25) is 0 Å². The van der Waals surface area contributed by atoms with Crippen LogP contribution in [-0.4, -0.2) is 24.5 Å². The van der Waals surface area contributed by atoms with E-state index in [-0.39, 0.29) is 12.4 Å². The Hall–Kier alpha value is -0.530. The van der Waals surface area contributed by atoms with Crippen molar-refractivity contribution in [3.63, 3.8) is 0 Å². The van der Waals surface area contributed by atoms with Crippen molar-refractivity contribution in [3.05, 3.63) is 35.4 Å². The first-order valence-corrected chi connectivity index (χ1v) is 8.16. The molecular weight excluding hydrogens is 266 g/mol. The Labute approximate surface area is 129 Å². The summed E-state index contributed by atoms with van der Waals surface area (Å²) < 4.78 is 0. The second-order valence-corrected chi connectivity index (χ2v) is 7.04. The van der Waals surface area contributed by atoms with E-state index in [2.05, 4.69) is 29.2 Å². The normalized spacial score (nSPS) is 25.0. The van der Waals surface area contributed by atoms with Gasteiger partial charge >= 0.3 is 0 Å². The molecule has 1 heterocycles. The van der Waals surface area contributed by atoms with Crippen molar-refractivity contribution < 1.29 is 0 Å². The Morgan fingerprint density at radius 1 is 1.05 bits per heavy atom. The Bertz CT molecular complexity index is 458. The predicted octanol–water partition coefficient (Wildman–Crippen LogP) is 4.19. The molecule has 0 radical (unpaired) electrons. The van der Waals surface area contributed by atoms with Crippen LogP contribution in [0.3, 0.4) is 0 Å². The van der Waals surface area contributed by atoms with Gasteiger partial charge < -0.3 is 4.90 Å². The van der Waals surface area contributed by atoms with Crippen LogP contribution < -0.4 is 0 Å². The number of fused-ring (bicyclic) bond motifs is 2. The van der Waals surface area contributed by atoms with Gasteiger partial charge in [0, 0.05) is 6.54 Å². The highest BCUT2D eigenvalue weighted by Gasteiger charge is 2.39. The molecule has 1 aliphatic heterocycles. The molecule has 0 aromatic heterocycles. The molecule has 110 valence electrons. The van der Waals surface area contributed by atoms with Crippen molar-refractivity contribution in [1.82, 2.24) is 4.90 Å². The fraction of sp³-hybridized carbons (Fsp3) is 0.667. The monoisotopic (exact) mass is 291 g/mol. The SMILES string of the molecule is Cl.c1ccc2c(c1)CCCC21CCN(CC2CC2)CC1. The van der Waals surface area contributed by atoms with Gasteiger partial charge in [-0.3, -0.25) is 0 Å². The minimum atomic E-state index is 0. The quantitative estimate of drug-likeness (QED) is 0.790. The second-order valence-electron chi connectivity index (χ2n) is 7.04. The van der Waals surface area contributed by atoms with E-state index in [1.54, 1.807) is 11.1 Å². The molecule has 1 aromatic rings. The molecule has 2 fully saturated rings. The zero-order chi connectivity index (χ0) is 12.7. The number of halogens is 1. The standard InChI is InChI=1S/C18H25N.ClH/c1-2-6-17-16(4-1)5-3-9-18(17)10-12-19(13-11-18)14-15-7-8-15;/h1-2,4,6,15H,3,5,7-14H2;1H. The summed E-state index contributed by atoms with van der Waals surface area (Å²) in [6.45, 7) is 4.06. The van der Waals surface area contributed by atoms with Gasteiger partial charge in [-0.25, -0.2) is 0 Å². The molecule has 1 saturated carbocycles. The molecule has 0 N–H and O–H groups in total. The maximum absolute atomic E-state index is 2.74.